The van der Waals surface area contributed by atoms with Gasteiger partial charge in [0.2, 0.25) is 0 Å². The maximum absolute atomic E-state index is 11.3. The summed E-state index contributed by atoms with van der Waals surface area (Å²) in [5, 5.41) is 8.47. The Hall–Kier alpha value is -0.870. The van der Waals surface area contributed by atoms with E-state index in [0.717, 1.165) is 0 Å². The fourth-order valence-electron chi connectivity index (χ4n) is 1.76. The quantitative estimate of drug-likeness (QED) is 0.490. The van der Waals surface area contributed by atoms with Crippen LogP contribution in [0.1, 0.15) is 6.42 Å². The number of hydrogen-bond donors (Lipinski definition) is 1. The van der Waals surface area contributed by atoms with E-state index >= 15 is 0 Å². The average molecular weight is 184 g/mol. The molecule has 0 amide bonds. The summed E-state index contributed by atoms with van der Waals surface area (Å²) in [6.07, 6.45) is 4.58. The maximum atomic E-state index is 11.3. The average Bonchev–Trinajstić information content (AvgIpc) is 2.74. The largest absolute Gasteiger partial charge is 0.463 e. The molecule has 2 aliphatic rings. The van der Waals surface area contributed by atoms with E-state index in [0.29, 0.717) is 6.42 Å². The Morgan fingerprint density at radius 3 is 3.00 bits per heavy atom. The molecule has 1 fully saturated rings. The third-order valence-electron chi connectivity index (χ3n) is 2.37. The summed E-state index contributed by atoms with van der Waals surface area (Å²) in [4.78, 5) is 11.3. The van der Waals surface area contributed by atoms with E-state index in [1.54, 1.807) is 0 Å². The van der Waals surface area contributed by atoms with Crippen molar-refractivity contribution in [2.24, 2.45) is 5.92 Å². The summed E-state index contributed by atoms with van der Waals surface area (Å²) in [6, 6.07) is 0. The molecule has 0 aromatic heterocycles. The van der Waals surface area contributed by atoms with Crippen LogP contribution in [0.3, 0.4) is 0 Å². The van der Waals surface area contributed by atoms with E-state index in [-0.39, 0.29) is 37.3 Å². The zero-order chi connectivity index (χ0) is 9.26. The van der Waals surface area contributed by atoms with Crippen LogP contribution in [0.15, 0.2) is 12.2 Å². The van der Waals surface area contributed by atoms with Crippen LogP contribution in [0.2, 0.25) is 0 Å². The zero-order valence-corrected chi connectivity index (χ0v) is 7.18. The predicted molar refractivity (Wildman–Crippen MR) is 44.0 cm³/mol. The molecule has 1 saturated heterocycles. The van der Waals surface area contributed by atoms with Gasteiger partial charge < -0.3 is 14.6 Å². The molecule has 0 aliphatic carbocycles. The second-order valence-corrected chi connectivity index (χ2v) is 3.26. The van der Waals surface area contributed by atoms with Crippen molar-refractivity contribution < 1.29 is 19.4 Å². The number of fused-ring (bicyclic) bond motifs is 2. The molecule has 2 heterocycles. The fraction of sp³-hybridized carbons (Fsp3) is 0.667. The SMILES string of the molecule is O=C(OCCO)C1CC2C=CC1O2. The molecule has 2 rings (SSSR count). The molecule has 0 aromatic carbocycles. The van der Waals surface area contributed by atoms with E-state index in [9.17, 15) is 4.79 Å². The predicted octanol–water partition coefficient (Wildman–Crippen LogP) is -0.135. The highest BCUT2D eigenvalue weighted by Gasteiger charge is 2.41. The van der Waals surface area contributed by atoms with Crippen LogP contribution in [0.25, 0.3) is 0 Å². The monoisotopic (exact) mass is 184 g/mol. The molecule has 2 bridgehead atoms. The van der Waals surface area contributed by atoms with E-state index in [1.807, 2.05) is 12.2 Å². The minimum Gasteiger partial charge on any atom is -0.463 e. The Labute approximate surface area is 76.1 Å². The van der Waals surface area contributed by atoms with Crippen molar-refractivity contribution in [3.63, 3.8) is 0 Å². The normalized spacial score (nSPS) is 35.3. The molecule has 3 unspecified atom stereocenters. The van der Waals surface area contributed by atoms with Crippen LogP contribution in [0.5, 0.6) is 0 Å². The summed E-state index contributed by atoms with van der Waals surface area (Å²) in [5.74, 6) is -0.424. The summed E-state index contributed by atoms with van der Waals surface area (Å²) in [5.41, 5.74) is 0. The number of aliphatic hydroxyl groups is 1. The van der Waals surface area contributed by atoms with Crippen molar-refractivity contribution in [1.82, 2.24) is 0 Å². The highest BCUT2D eigenvalue weighted by Crippen LogP contribution is 2.34. The molecule has 0 spiro atoms. The Balaban J connectivity index is 1.88. The van der Waals surface area contributed by atoms with E-state index in [4.69, 9.17) is 14.6 Å². The lowest BCUT2D eigenvalue weighted by atomic mass is 9.95. The first-order chi connectivity index (χ1) is 6.31. The highest BCUT2D eigenvalue weighted by atomic mass is 16.5. The fourth-order valence-corrected chi connectivity index (χ4v) is 1.76. The first kappa shape index (κ1) is 8.72. The summed E-state index contributed by atoms with van der Waals surface area (Å²) >= 11 is 0. The first-order valence-corrected chi connectivity index (χ1v) is 4.42. The molecule has 2 aliphatic heterocycles. The van der Waals surface area contributed by atoms with Crippen LogP contribution in [0.4, 0.5) is 0 Å². The molecule has 0 radical (unpaired) electrons. The van der Waals surface area contributed by atoms with Gasteiger partial charge in [-0.3, -0.25) is 4.79 Å². The lowest BCUT2D eigenvalue weighted by Gasteiger charge is -2.13. The lowest BCUT2D eigenvalue weighted by Crippen LogP contribution is -2.26. The van der Waals surface area contributed by atoms with E-state index in [2.05, 4.69) is 0 Å². The number of ether oxygens (including phenoxy) is 2. The number of carbonyl (C=O) groups excluding carboxylic acids is 1. The summed E-state index contributed by atoms with van der Waals surface area (Å²) < 4.78 is 10.2. The zero-order valence-electron chi connectivity index (χ0n) is 7.18. The molecule has 72 valence electrons. The van der Waals surface area contributed by atoms with Gasteiger partial charge in [-0.1, -0.05) is 12.2 Å². The molecule has 4 heteroatoms. The van der Waals surface area contributed by atoms with Crippen molar-refractivity contribution in [1.29, 1.82) is 0 Å². The molecule has 13 heavy (non-hydrogen) atoms. The molecular weight excluding hydrogens is 172 g/mol. The van der Waals surface area contributed by atoms with Gasteiger partial charge in [-0.2, -0.15) is 0 Å². The molecule has 0 saturated carbocycles. The van der Waals surface area contributed by atoms with Gasteiger partial charge in [-0.25, -0.2) is 0 Å². The molecule has 4 nitrogen and oxygen atoms in total. The summed E-state index contributed by atoms with van der Waals surface area (Å²) in [7, 11) is 0. The third-order valence-corrected chi connectivity index (χ3v) is 2.37. The van der Waals surface area contributed by atoms with E-state index in [1.165, 1.54) is 0 Å². The number of hydrogen-bond acceptors (Lipinski definition) is 4. The van der Waals surface area contributed by atoms with Gasteiger partial charge in [0.1, 0.15) is 6.61 Å². The number of carbonyl (C=O) groups is 1. The van der Waals surface area contributed by atoms with Gasteiger partial charge >= 0.3 is 5.97 Å². The van der Waals surface area contributed by atoms with E-state index < -0.39 is 0 Å². The van der Waals surface area contributed by atoms with Crippen LogP contribution in [-0.4, -0.2) is 36.5 Å². The van der Waals surface area contributed by atoms with Crippen LogP contribution in [0, 0.1) is 5.92 Å². The van der Waals surface area contributed by atoms with Gasteiger partial charge in [-0.15, -0.1) is 0 Å². The second kappa shape index (κ2) is 3.47. The Morgan fingerprint density at radius 1 is 1.62 bits per heavy atom. The minimum absolute atomic E-state index is 0.0798. The molecule has 0 aromatic rings. The maximum Gasteiger partial charge on any atom is 0.312 e. The smallest absolute Gasteiger partial charge is 0.312 e. The number of esters is 1. The lowest BCUT2D eigenvalue weighted by molar-refractivity contribution is -0.150. The Kier molecular flexibility index (Phi) is 2.33. The van der Waals surface area contributed by atoms with Crippen LogP contribution in [-0.2, 0) is 14.3 Å². The van der Waals surface area contributed by atoms with Crippen molar-refractivity contribution in [2.45, 2.75) is 18.6 Å². The van der Waals surface area contributed by atoms with Crippen LogP contribution >= 0.6 is 0 Å². The Bertz CT molecular complexity index is 236. The molecular formula is C9H12O4. The Morgan fingerprint density at radius 2 is 2.46 bits per heavy atom. The standard InChI is InChI=1S/C9H12O4/c10-3-4-12-9(11)7-5-6-1-2-8(7)13-6/h1-2,6-8,10H,3-5H2. The topological polar surface area (TPSA) is 55.8 Å². The second-order valence-electron chi connectivity index (χ2n) is 3.26. The minimum atomic E-state index is -0.258. The number of aliphatic hydroxyl groups excluding tert-OH is 1. The van der Waals surface area contributed by atoms with Gasteiger partial charge in [-0.05, 0) is 6.42 Å². The third kappa shape index (κ3) is 1.59. The summed E-state index contributed by atoms with van der Waals surface area (Å²) in [6.45, 7) is -0.0420. The van der Waals surface area contributed by atoms with Crippen molar-refractivity contribution in [3.05, 3.63) is 12.2 Å². The van der Waals surface area contributed by atoms with Crippen LogP contribution < -0.4 is 0 Å². The van der Waals surface area contributed by atoms with Crippen molar-refractivity contribution in [3.8, 4) is 0 Å². The molecule has 1 N–H and O–H groups in total. The van der Waals surface area contributed by atoms with Gasteiger partial charge in [0.25, 0.3) is 0 Å². The first-order valence-electron chi connectivity index (χ1n) is 4.42. The van der Waals surface area contributed by atoms with Crippen molar-refractivity contribution in [2.75, 3.05) is 13.2 Å². The van der Waals surface area contributed by atoms with Crippen molar-refractivity contribution >= 4 is 5.97 Å². The highest BCUT2D eigenvalue weighted by molar-refractivity contribution is 5.74. The van der Waals surface area contributed by atoms with Gasteiger partial charge in [0.15, 0.2) is 0 Å². The number of rotatable bonds is 3. The van der Waals surface area contributed by atoms with Gasteiger partial charge in [0, 0.05) is 0 Å². The molecule has 3 atom stereocenters. The van der Waals surface area contributed by atoms with Gasteiger partial charge in [0.05, 0.1) is 24.7 Å².